The van der Waals surface area contributed by atoms with Crippen LogP contribution in [0, 0.1) is 11.3 Å². The van der Waals surface area contributed by atoms with Crippen LogP contribution in [0.1, 0.15) is 74.5 Å². The molecule has 0 saturated heterocycles. The van der Waals surface area contributed by atoms with E-state index in [0.29, 0.717) is 17.7 Å². The number of carbonyl (C=O) groups excluding carboxylic acids is 7. The number of benzene rings is 3. The predicted octanol–water partition coefficient (Wildman–Crippen LogP) is 7.56. The molecular weight excluding hydrogens is 1070 g/mol. The van der Waals surface area contributed by atoms with E-state index in [9.17, 15) is 33.6 Å². The molecule has 0 atom stereocenters. The van der Waals surface area contributed by atoms with Gasteiger partial charge in [-0.25, -0.2) is 19.1 Å². The molecule has 1 aliphatic rings. The van der Waals surface area contributed by atoms with Crippen molar-refractivity contribution in [3.63, 3.8) is 0 Å². The van der Waals surface area contributed by atoms with Crippen molar-refractivity contribution in [3.05, 3.63) is 144 Å². The molecule has 24 nitrogen and oxygen atoms in total. The average molecular weight is 1110 g/mol. The van der Waals surface area contributed by atoms with Gasteiger partial charge in [-0.05, 0) is 54.6 Å². The first kappa shape index (κ1) is 53.1. The summed E-state index contributed by atoms with van der Waals surface area (Å²) in [5.41, 5.74) is 2.07. The highest BCUT2D eigenvalue weighted by molar-refractivity contribution is 6.43. The number of esters is 3. The number of anilines is 4. The molecule has 4 amide bonds. The highest BCUT2D eigenvalue weighted by Crippen LogP contribution is 2.32. The minimum atomic E-state index is -0.708. The van der Waals surface area contributed by atoms with Crippen molar-refractivity contribution in [1.29, 1.82) is 5.26 Å². The third-order valence-corrected chi connectivity index (χ3v) is 11.9. The fourth-order valence-corrected chi connectivity index (χ4v) is 7.38. The summed E-state index contributed by atoms with van der Waals surface area (Å²) in [6.07, 6.45) is 6.52. The molecular formula is C45H31Cl5N14O10. The normalized spacial score (nSPS) is 11.3. The van der Waals surface area contributed by atoms with E-state index >= 15 is 0 Å². The first-order chi connectivity index (χ1) is 35.4. The van der Waals surface area contributed by atoms with Gasteiger partial charge in [-0.3, -0.25) is 39.0 Å². The number of carbonyl (C=O) groups is 7. The number of H-pyrrole nitrogens is 1. The third-order valence-electron chi connectivity index (χ3n) is 10.1. The van der Waals surface area contributed by atoms with Gasteiger partial charge in [0.05, 0.1) is 110 Å². The number of aryl methyl sites for hydroxylation is 1. The van der Waals surface area contributed by atoms with Crippen LogP contribution in [0.15, 0.2) is 79.5 Å². The Labute approximate surface area is 440 Å². The van der Waals surface area contributed by atoms with E-state index < -0.39 is 35.6 Å². The first-order valence-corrected chi connectivity index (χ1v) is 22.5. The summed E-state index contributed by atoms with van der Waals surface area (Å²) in [5, 5.41) is 39.0. The molecule has 1 aliphatic heterocycles. The number of aromatic nitrogens is 9. The second-order valence-corrected chi connectivity index (χ2v) is 16.8. The summed E-state index contributed by atoms with van der Waals surface area (Å²) in [6, 6.07) is 14.6. The summed E-state index contributed by atoms with van der Waals surface area (Å²) >= 11 is 29.7. The second-order valence-electron chi connectivity index (χ2n) is 14.7. The number of fused-ring (bicyclic) bond motifs is 3. The van der Waals surface area contributed by atoms with Crippen molar-refractivity contribution in [2.75, 3.05) is 42.6 Å². The maximum absolute atomic E-state index is 12.6. The molecule has 0 spiro atoms. The van der Waals surface area contributed by atoms with Crippen LogP contribution in [-0.4, -0.2) is 107 Å². The molecule has 0 aliphatic carbocycles. The Morgan fingerprint density at radius 3 is 1.89 bits per heavy atom. The summed E-state index contributed by atoms with van der Waals surface area (Å²) in [6.45, 7) is 0.321. The number of ether oxygens (including phenoxy) is 3. The Morgan fingerprint density at radius 2 is 1.28 bits per heavy atom. The molecule has 8 aromatic rings. The smallest absolute Gasteiger partial charge is 0.340 e. The van der Waals surface area contributed by atoms with Crippen LogP contribution < -0.4 is 21.3 Å². The monoisotopic (exact) mass is 1100 g/mol. The van der Waals surface area contributed by atoms with Gasteiger partial charge in [0.2, 0.25) is 17.7 Å². The fourth-order valence-electron chi connectivity index (χ4n) is 6.52. The first-order valence-electron chi connectivity index (χ1n) is 20.7. The summed E-state index contributed by atoms with van der Waals surface area (Å²) in [7, 11) is 3.62. The molecule has 5 aromatic heterocycles. The predicted molar refractivity (Wildman–Crippen MR) is 267 cm³/mol. The fraction of sp³-hybridized carbons (Fsp3) is 0.111. The molecule has 5 N–H and O–H groups in total. The van der Waals surface area contributed by atoms with Gasteiger partial charge < -0.3 is 30.2 Å². The van der Waals surface area contributed by atoms with Crippen LogP contribution in [0.5, 0.6) is 0 Å². The van der Waals surface area contributed by atoms with Gasteiger partial charge in [0.1, 0.15) is 18.1 Å². The minimum absolute atomic E-state index is 0.0134. The number of nitriles is 1. The van der Waals surface area contributed by atoms with E-state index in [1.54, 1.807) is 28.9 Å². The van der Waals surface area contributed by atoms with Crippen molar-refractivity contribution < 1.29 is 47.8 Å². The zero-order valence-electron chi connectivity index (χ0n) is 37.9. The number of nitrogens with one attached hydrogen (secondary N) is 5. The number of pyridine rings is 2. The van der Waals surface area contributed by atoms with Crippen molar-refractivity contribution in [1.82, 2.24) is 44.5 Å². The van der Waals surface area contributed by atoms with Crippen LogP contribution in [-0.2, 0) is 25.5 Å². The number of rotatable bonds is 9. The van der Waals surface area contributed by atoms with Gasteiger partial charge in [0, 0.05) is 24.2 Å². The summed E-state index contributed by atoms with van der Waals surface area (Å²) in [5.74, 6) is -3.95. The molecule has 3 aromatic carbocycles. The van der Waals surface area contributed by atoms with Gasteiger partial charge in [-0.1, -0.05) is 58.0 Å². The van der Waals surface area contributed by atoms with Gasteiger partial charge in [-0.15, -0.1) is 15.3 Å². The maximum Gasteiger partial charge on any atom is 0.340 e. The maximum atomic E-state index is 12.6. The molecule has 74 heavy (non-hydrogen) atoms. The molecule has 6 heterocycles. The Morgan fingerprint density at radius 1 is 0.716 bits per heavy atom. The van der Waals surface area contributed by atoms with Crippen LogP contribution >= 0.6 is 58.0 Å². The van der Waals surface area contributed by atoms with E-state index in [2.05, 4.69) is 66.2 Å². The number of hydrogen-bond donors (Lipinski definition) is 5. The largest absolute Gasteiger partial charge is 0.465 e. The lowest BCUT2D eigenvalue weighted by atomic mass is 10.1. The highest BCUT2D eigenvalue weighted by atomic mass is 35.5. The lowest BCUT2D eigenvalue weighted by Gasteiger charge is -2.11. The Kier molecular flexibility index (Phi) is 16.7. The molecule has 0 radical (unpaired) electrons. The second kappa shape index (κ2) is 23.2. The molecule has 9 rings (SSSR count). The molecule has 0 unspecified atom stereocenters. The van der Waals surface area contributed by atoms with Crippen molar-refractivity contribution in [3.8, 4) is 6.07 Å². The average Bonchev–Trinajstić information content (AvgIpc) is 4.18. The number of methoxy groups -OCH3 is 3. The SMILES string of the molecule is COC(=O)c1cc(C#N)c(Cl)cc1NC(=O)c1cc2[nH]ncc2cn1.COC(=O)c1cc(Cl)c(Cl)cc1NC(=O)c1cccn2cnnc12.COC(=O)c1cc(Cl)c(Cl)cc1NC(=O)c1nc2n(n1)CCC(=O)N2. The molecule has 29 heteroatoms. The Balaban J connectivity index is 0.000000162. The molecule has 0 saturated carbocycles. The summed E-state index contributed by atoms with van der Waals surface area (Å²) in [4.78, 5) is 92.4. The lowest BCUT2D eigenvalue weighted by molar-refractivity contribution is -0.117. The lowest BCUT2D eigenvalue weighted by Crippen LogP contribution is -2.23. The van der Waals surface area contributed by atoms with Crippen LogP contribution in [0.2, 0.25) is 25.1 Å². The minimum Gasteiger partial charge on any atom is -0.465 e. The van der Waals surface area contributed by atoms with E-state index in [1.165, 1.54) is 81.0 Å². The zero-order valence-corrected chi connectivity index (χ0v) is 41.7. The number of amides is 4. The van der Waals surface area contributed by atoms with Gasteiger partial charge in [0.15, 0.2) is 5.65 Å². The number of halogens is 5. The molecule has 0 fully saturated rings. The van der Waals surface area contributed by atoms with Crippen molar-refractivity contribution >= 4 is 139 Å². The highest BCUT2D eigenvalue weighted by Gasteiger charge is 2.25. The number of hydrogen-bond acceptors (Lipinski definition) is 17. The zero-order chi connectivity index (χ0) is 53.4. The summed E-state index contributed by atoms with van der Waals surface area (Å²) < 4.78 is 17.1. The number of nitrogens with zero attached hydrogens (tertiary/aromatic N) is 9. The quantitative estimate of drug-likeness (QED) is 0.0687. The van der Waals surface area contributed by atoms with Crippen molar-refractivity contribution in [2.24, 2.45) is 0 Å². The van der Waals surface area contributed by atoms with Gasteiger partial charge in [-0.2, -0.15) is 15.3 Å². The van der Waals surface area contributed by atoms with E-state index in [4.69, 9.17) is 68.0 Å². The van der Waals surface area contributed by atoms with E-state index in [-0.39, 0.29) is 99.8 Å². The van der Waals surface area contributed by atoms with Crippen LogP contribution in [0.25, 0.3) is 16.6 Å². The van der Waals surface area contributed by atoms with Gasteiger partial charge in [0.25, 0.3) is 17.7 Å². The number of aromatic amines is 1. The van der Waals surface area contributed by atoms with Gasteiger partial charge >= 0.3 is 17.9 Å². The van der Waals surface area contributed by atoms with Crippen LogP contribution in [0.4, 0.5) is 23.0 Å². The standard InChI is InChI=1S/C16H10ClN5O3.C15H10Cl2N4O3.C14H11Cl2N5O4/c1-25-16(24)10-2-8(5-18)11(17)3-13(10)21-15(23)14-4-12-9(6-19-14)7-20-22-12;1-24-15(23)9-5-10(16)11(17)6-12(9)19-14(22)8-3-2-4-21-7-18-20-13(8)21;1-25-13(24)6-4-7(15)8(16)5-9(6)17-12(23)11-19-14-18-10(22)2-3-21(14)20-11/h2-4,6-7H,1H3,(H,20,22)(H,21,23);2-7H,1H3,(H,19,22);4-5H,2-3H2,1H3,(H,17,23)(H,18,19,20,22). The topological polar surface area (TPSA) is 322 Å². The Bertz CT molecular complexity index is 3630. The van der Waals surface area contributed by atoms with E-state index in [0.717, 1.165) is 5.39 Å². The third kappa shape index (κ3) is 12.0. The van der Waals surface area contributed by atoms with E-state index in [1.807, 2.05) is 6.07 Å². The molecule has 376 valence electrons. The Hall–Kier alpha value is -8.73. The van der Waals surface area contributed by atoms with Crippen molar-refractivity contribution in [2.45, 2.75) is 13.0 Å². The van der Waals surface area contributed by atoms with Crippen LogP contribution in [0.3, 0.4) is 0 Å². The molecule has 0 bridgehead atoms.